The van der Waals surface area contributed by atoms with E-state index >= 15 is 0 Å². The summed E-state index contributed by atoms with van der Waals surface area (Å²) in [5.41, 5.74) is 2.34. The van der Waals surface area contributed by atoms with Crippen LogP contribution >= 0.6 is 0 Å². The average Bonchev–Trinajstić information content (AvgIpc) is 3.08. The number of aliphatic carboxylic acids is 1. The van der Waals surface area contributed by atoms with Gasteiger partial charge in [0, 0.05) is 32.0 Å². The van der Waals surface area contributed by atoms with Gasteiger partial charge in [0.15, 0.2) is 0 Å². The van der Waals surface area contributed by atoms with Crippen molar-refractivity contribution >= 4 is 5.97 Å². The van der Waals surface area contributed by atoms with Gasteiger partial charge in [-0.2, -0.15) is 0 Å². The molecule has 28 heavy (non-hydrogen) atoms. The predicted octanol–water partition coefficient (Wildman–Crippen LogP) is 4.81. The molecule has 1 aliphatic rings. The van der Waals surface area contributed by atoms with Crippen molar-refractivity contribution in [3.05, 3.63) is 77.9 Å². The number of carboxylic acid groups (broad SMARTS) is 1. The molecule has 0 saturated carbocycles. The second kappa shape index (κ2) is 10.1. The van der Waals surface area contributed by atoms with E-state index in [2.05, 4.69) is 41.3 Å². The normalized spacial score (nSPS) is 20.0. The smallest absolute Gasteiger partial charge is 0.303 e. The summed E-state index contributed by atoms with van der Waals surface area (Å²) in [6, 6.07) is 18.2. The van der Waals surface area contributed by atoms with Crippen molar-refractivity contribution in [2.45, 2.75) is 38.1 Å². The van der Waals surface area contributed by atoms with Crippen LogP contribution in [0, 0.1) is 5.92 Å². The molecule has 1 fully saturated rings. The number of nitrogens with zero attached hydrogens (tertiary/aromatic N) is 1. The van der Waals surface area contributed by atoms with Crippen molar-refractivity contribution in [2.75, 3.05) is 13.1 Å². The fourth-order valence-corrected chi connectivity index (χ4v) is 4.08. The van der Waals surface area contributed by atoms with Gasteiger partial charge in [-0.25, -0.2) is 0 Å². The van der Waals surface area contributed by atoms with Gasteiger partial charge in [-0.15, -0.1) is 0 Å². The maximum atomic E-state index is 10.6. The Morgan fingerprint density at radius 2 is 1.79 bits per heavy atom. The van der Waals surface area contributed by atoms with E-state index in [9.17, 15) is 9.90 Å². The van der Waals surface area contributed by atoms with Gasteiger partial charge in [-0.1, -0.05) is 60.7 Å². The van der Waals surface area contributed by atoms with Crippen LogP contribution < -0.4 is 0 Å². The molecule has 0 spiro atoms. The summed E-state index contributed by atoms with van der Waals surface area (Å²) in [5.74, 6) is 0.381. The van der Waals surface area contributed by atoms with Crippen LogP contribution in [0.25, 0.3) is 0 Å². The number of hydrogen-bond acceptors (Lipinski definition) is 3. The van der Waals surface area contributed by atoms with Gasteiger partial charge in [0.2, 0.25) is 0 Å². The monoisotopic (exact) mass is 379 g/mol. The van der Waals surface area contributed by atoms with E-state index in [0.717, 1.165) is 38.0 Å². The van der Waals surface area contributed by atoms with E-state index in [4.69, 9.17) is 5.11 Å². The summed E-state index contributed by atoms with van der Waals surface area (Å²) in [7, 11) is 0. The first kappa shape index (κ1) is 20.2. The topological polar surface area (TPSA) is 60.8 Å². The molecule has 3 rings (SSSR count). The molecule has 4 nitrogen and oxygen atoms in total. The van der Waals surface area contributed by atoms with Gasteiger partial charge in [-0.05, 0) is 42.4 Å². The number of rotatable bonds is 9. The molecule has 4 heteroatoms. The fourth-order valence-electron chi connectivity index (χ4n) is 4.08. The molecule has 0 radical (unpaired) electrons. The van der Waals surface area contributed by atoms with Crippen LogP contribution in [0.5, 0.6) is 5.75 Å². The molecule has 0 bridgehead atoms. The van der Waals surface area contributed by atoms with E-state index in [1.54, 1.807) is 6.07 Å². The number of allylic oxidation sites excluding steroid dienone is 2. The second-order valence-corrected chi connectivity index (χ2v) is 7.60. The average molecular weight is 380 g/mol. The number of likely N-dealkylation sites (tertiary alicyclic amines) is 1. The number of phenols is 1. The summed E-state index contributed by atoms with van der Waals surface area (Å²) >= 11 is 0. The molecule has 2 aromatic carbocycles. The Morgan fingerprint density at radius 1 is 1.04 bits per heavy atom. The quantitative estimate of drug-likeness (QED) is 0.485. The molecule has 0 aromatic heterocycles. The Morgan fingerprint density at radius 3 is 2.54 bits per heavy atom. The predicted molar refractivity (Wildman–Crippen MR) is 111 cm³/mol. The van der Waals surface area contributed by atoms with Crippen LogP contribution in [0.3, 0.4) is 0 Å². The first-order valence-corrected chi connectivity index (χ1v) is 10.0. The number of para-hydroxylation sites is 1. The highest BCUT2D eigenvalue weighted by Gasteiger charge is 2.34. The van der Waals surface area contributed by atoms with Gasteiger partial charge in [0.25, 0.3) is 0 Å². The van der Waals surface area contributed by atoms with Gasteiger partial charge < -0.3 is 10.2 Å². The molecule has 2 atom stereocenters. The maximum Gasteiger partial charge on any atom is 0.303 e. The Bertz CT molecular complexity index is 787. The van der Waals surface area contributed by atoms with E-state index in [1.807, 2.05) is 24.3 Å². The highest BCUT2D eigenvalue weighted by Crippen LogP contribution is 2.39. The van der Waals surface area contributed by atoms with Crippen molar-refractivity contribution in [3.63, 3.8) is 0 Å². The Hall–Kier alpha value is -2.59. The van der Waals surface area contributed by atoms with E-state index in [-0.39, 0.29) is 6.42 Å². The van der Waals surface area contributed by atoms with Crippen molar-refractivity contribution in [1.29, 1.82) is 0 Å². The molecular formula is C24H29NO3. The van der Waals surface area contributed by atoms with Crippen LogP contribution in [-0.4, -0.2) is 34.2 Å². The second-order valence-electron chi connectivity index (χ2n) is 7.60. The third kappa shape index (κ3) is 5.70. The lowest BCUT2D eigenvalue weighted by atomic mass is 9.86. The van der Waals surface area contributed by atoms with Crippen LogP contribution in [0.15, 0.2) is 66.7 Å². The summed E-state index contributed by atoms with van der Waals surface area (Å²) < 4.78 is 0. The number of aromatic hydroxyl groups is 1. The van der Waals surface area contributed by atoms with Gasteiger partial charge in [0.1, 0.15) is 5.75 Å². The zero-order valence-electron chi connectivity index (χ0n) is 16.2. The first-order chi connectivity index (χ1) is 13.6. The third-order valence-corrected chi connectivity index (χ3v) is 5.47. The van der Waals surface area contributed by atoms with Crippen molar-refractivity contribution in [3.8, 4) is 5.75 Å². The largest absolute Gasteiger partial charge is 0.508 e. The van der Waals surface area contributed by atoms with Gasteiger partial charge in [-0.3, -0.25) is 9.69 Å². The lowest BCUT2D eigenvalue weighted by molar-refractivity contribution is -0.137. The summed E-state index contributed by atoms with van der Waals surface area (Å²) in [5, 5.41) is 19.1. The Kier molecular flexibility index (Phi) is 7.26. The molecule has 2 aromatic rings. The standard InChI is InChI=1S/C24H29NO3/c26-23-14-9-8-13-21(23)22-18-25(16-19-10-4-3-5-11-19)17-20(22)12-6-1-2-7-15-24(27)28/h1,3-6,8-11,13-14,20,22,26H,2,7,12,15-18H2,(H,27,28)/t20-,22+/m0/s1. The molecule has 0 unspecified atom stereocenters. The molecule has 148 valence electrons. The minimum absolute atomic E-state index is 0.221. The SMILES string of the molecule is O=C(O)CCCC=CC[C@H]1CN(Cc2ccccc2)C[C@H]1c1ccccc1O. The number of unbranched alkanes of at least 4 members (excludes halogenated alkanes) is 1. The number of phenolic OH excluding ortho intramolecular Hbond substituents is 1. The number of carbonyl (C=O) groups is 1. The first-order valence-electron chi connectivity index (χ1n) is 10.0. The number of hydrogen-bond donors (Lipinski definition) is 2. The zero-order chi connectivity index (χ0) is 19.8. The highest BCUT2D eigenvalue weighted by atomic mass is 16.4. The van der Waals surface area contributed by atoms with Crippen molar-refractivity contribution in [1.82, 2.24) is 4.90 Å². The molecule has 1 heterocycles. The van der Waals surface area contributed by atoms with Crippen LogP contribution in [0.2, 0.25) is 0 Å². The summed E-state index contributed by atoms with van der Waals surface area (Å²) in [4.78, 5) is 13.1. The maximum absolute atomic E-state index is 10.6. The Labute approximate surface area is 167 Å². The summed E-state index contributed by atoms with van der Waals surface area (Å²) in [6.07, 6.45) is 6.93. The van der Waals surface area contributed by atoms with E-state index in [1.165, 1.54) is 5.56 Å². The van der Waals surface area contributed by atoms with Crippen LogP contribution in [0.4, 0.5) is 0 Å². The van der Waals surface area contributed by atoms with E-state index in [0.29, 0.717) is 24.0 Å². The summed E-state index contributed by atoms with van der Waals surface area (Å²) in [6.45, 7) is 2.85. The number of benzene rings is 2. The van der Waals surface area contributed by atoms with Crippen molar-refractivity contribution in [2.24, 2.45) is 5.92 Å². The molecule has 1 aliphatic heterocycles. The lowest BCUT2D eigenvalue weighted by Gasteiger charge is -2.18. The third-order valence-electron chi connectivity index (χ3n) is 5.47. The lowest BCUT2D eigenvalue weighted by Crippen LogP contribution is -2.20. The number of carboxylic acids is 1. The molecule has 2 N–H and O–H groups in total. The van der Waals surface area contributed by atoms with Crippen LogP contribution in [0.1, 0.15) is 42.7 Å². The Balaban J connectivity index is 1.65. The minimum atomic E-state index is -0.736. The zero-order valence-corrected chi connectivity index (χ0v) is 16.2. The molecular weight excluding hydrogens is 350 g/mol. The highest BCUT2D eigenvalue weighted by molar-refractivity contribution is 5.66. The minimum Gasteiger partial charge on any atom is -0.508 e. The molecule has 1 saturated heterocycles. The van der Waals surface area contributed by atoms with Gasteiger partial charge >= 0.3 is 5.97 Å². The van der Waals surface area contributed by atoms with Gasteiger partial charge in [0.05, 0.1) is 0 Å². The van der Waals surface area contributed by atoms with Crippen molar-refractivity contribution < 1.29 is 15.0 Å². The molecule has 0 aliphatic carbocycles. The molecule has 0 amide bonds. The fraction of sp³-hybridized carbons (Fsp3) is 0.375. The van der Waals surface area contributed by atoms with E-state index < -0.39 is 5.97 Å². The van der Waals surface area contributed by atoms with Crippen LogP contribution in [-0.2, 0) is 11.3 Å².